The summed E-state index contributed by atoms with van der Waals surface area (Å²) in [5.41, 5.74) is 0. The number of methoxy groups -OCH3 is 2. The zero-order valence-electron chi connectivity index (χ0n) is 18.7. The van der Waals surface area contributed by atoms with E-state index in [-0.39, 0.29) is 12.6 Å². The zero-order chi connectivity index (χ0) is 22.7. The molecule has 0 aromatic carbocycles. The summed E-state index contributed by atoms with van der Waals surface area (Å²) in [7, 11) is 3.35. The van der Waals surface area contributed by atoms with E-state index in [2.05, 4.69) is 13.2 Å². The first kappa shape index (κ1) is 30.5. The molecule has 0 bridgehead atoms. The van der Waals surface area contributed by atoms with E-state index in [1.165, 1.54) is 25.3 Å². The molecular weight excluding hydrogens is 392 g/mol. The minimum atomic E-state index is -0.435. The van der Waals surface area contributed by atoms with E-state index >= 15 is 0 Å². The van der Waals surface area contributed by atoms with Crippen LogP contribution in [-0.4, -0.2) is 79.0 Å². The van der Waals surface area contributed by atoms with Crippen molar-refractivity contribution in [2.75, 3.05) is 67.1 Å². The lowest BCUT2D eigenvalue weighted by Crippen LogP contribution is -2.12. The van der Waals surface area contributed by atoms with Gasteiger partial charge in [0.15, 0.2) is 0 Å². The number of hydrogen-bond donors (Lipinski definition) is 0. The van der Waals surface area contributed by atoms with E-state index < -0.39 is 5.97 Å². The molecule has 0 saturated heterocycles. The highest BCUT2D eigenvalue weighted by Crippen LogP contribution is 2.05. The van der Waals surface area contributed by atoms with Crippen molar-refractivity contribution in [3.05, 3.63) is 25.3 Å². The van der Waals surface area contributed by atoms with Gasteiger partial charge in [-0.1, -0.05) is 38.8 Å². The van der Waals surface area contributed by atoms with Crippen molar-refractivity contribution in [1.29, 1.82) is 0 Å². The van der Waals surface area contributed by atoms with Crippen LogP contribution < -0.4 is 0 Å². The standard InChI is InChI=1S/C12H22O3.C10H18O5/c1-3-12(13)15-11-9-7-5-4-6-8-10-14-2;1-3-10(11)15-9-8-14-7-6-13-5-4-12-2/h3H,1,4-11H2,2H3;3H,1,4-9H2,2H3. The predicted octanol–water partition coefficient (Wildman–Crippen LogP) is 3.10. The molecule has 0 heterocycles. The number of esters is 2. The van der Waals surface area contributed by atoms with Crippen LogP contribution >= 0.6 is 0 Å². The fourth-order valence-corrected chi connectivity index (χ4v) is 2.01. The Hall–Kier alpha value is -1.74. The predicted molar refractivity (Wildman–Crippen MR) is 115 cm³/mol. The minimum Gasteiger partial charge on any atom is -0.463 e. The topological polar surface area (TPSA) is 89.5 Å². The lowest BCUT2D eigenvalue weighted by atomic mass is 10.1. The Morgan fingerprint density at radius 1 is 0.567 bits per heavy atom. The van der Waals surface area contributed by atoms with Gasteiger partial charge in [-0.25, -0.2) is 9.59 Å². The average Bonchev–Trinajstić information content (AvgIpc) is 2.76. The van der Waals surface area contributed by atoms with Gasteiger partial charge in [0, 0.05) is 33.0 Å². The number of ether oxygens (including phenoxy) is 6. The molecule has 8 nitrogen and oxygen atoms in total. The molecular formula is C22H40O8. The summed E-state index contributed by atoms with van der Waals surface area (Å²) in [6.07, 6.45) is 9.19. The smallest absolute Gasteiger partial charge is 0.330 e. The maximum absolute atomic E-state index is 10.7. The minimum absolute atomic E-state index is 0.239. The van der Waals surface area contributed by atoms with Crippen LogP contribution in [0, 0.1) is 0 Å². The van der Waals surface area contributed by atoms with Gasteiger partial charge >= 0.3 is 11.9 Å². The van der Waals surface area contributed by atoms with Crippen LogP contribution in [0.2, 0.25) is 0 Å². The molecule has 0 aromatic heterocycles. The van der Waals surface area contributed by atoms with Crippen molar-refractivity contribution in [2.24, 2.45) is 0 Å². The Kier molecular flexibility index (Phi) is 27.7. The van der Waals surface area contributed by atoms with Crippen LogP contribution in [0.4, 0.5) is 0 Å². The second-order valence-corrected chi connectivity index (χ2v) is 6.07. The molecule has 0 atom stereocenters. The first-order valence-corrected chi connectivity index (χ1v) is 10.3. The van der Waals surface area contributed by atoms with Gasteiger partial charge < -0.3 is 28.4 Å². The van der Waals surface area contributed by atoms with Crippen LogP contribution in [0.15, 0.2) is 25.3 Å². The van der Waals surface area contributed by atoms with E-state index in [1.807, 2.05) is 0 Å². The first-order chi connectivity index (χ1) is 14.6. The number of hydrogen-bond acceptors (Lipinski definition) is 8. The normalized spacial score (nSPS) is 9.93. The summed E-state index contributed by atoms with van der Waals surface area (Å²) in [5.74, 6) is -0.759. The maximum atomic E-state index is 10.7. The van der Waals surface area contributed by atoms with Gasteiger partial charge in [0.25, 0.3) is 0 Å². The largest absolute Gasteiger partial charge is 0.463 e. The highest BCUT2D eigenvalue weighted by molar-refractivity contribution is 5.81. The van der Waals surface area contributed by atoms with Crippen molar-refractivity contribution in [2.45, 2.75) is 38.5 Å². The summed E-state index contributed by atoms with van der Waals surface area (Å²) in [6, 6.07) is 0. The lowest BCUT2D eigenvalue weighted by Gasteiger charge is -2.05. The summed E-state index contributed by atoms with van der Waals surface area (Å²) >= 11 is 0. The Labute approximate surface area is 181 Å². The molecule has 0 aliphatic carbocycles. The molecule has 0 rings (SSSR count). The molecule has 0 spiro atoms. The van der Waals surface area contributed by atoms with Gasteiger partial charge in [-0.05, 0) is 12.8 Å². The van der Waals surface area contributed by atoms with Crippen LogP contribution in [0.3, 0.4) is 0 Å². The Balaban J connectivity index is 0. The number of rotatable bonds is 20. The summed E-state index contributed by atoms with van der Waals surface area (Å²) in [6.45, 7) is 10.7. The first-order valence-electron chi connectivity index (χ1n) is 10.3. The Bertz CT molecular complexity index is 374. The van der Waals surface area contributed by atoms with Crippen molar-refractivity contribution in [3.63, 3.8) is 0 Å². The van der Waals surface area contributed by atoms with Gasteiger partial charge in [-0.2, -0.15) is 0 Å². The van der Waals surface area contributed by atoms with Crippen LogP contribution in [0.25, 0.3) is 0 Å². The Morgan fingerprint density at radius 2 is 0.967 bits per heavy atom. The average molecular weight is 433 g/mol. The summed E-state index contributed by atoms with van der Waals surface area (Å²) in [4.78, 5) is 21.2. The van der Waals surface area contributed by atoms with Crippen LogP contribution in [0.1, 0.15) is 38.5 Å². The molecule has 0 fully saturated rings. The van der Waals surface area contributed by atoms with E-state index in [4.69, 9.17) is 28.4 Å². The molecule has 0 unspecified atom stereocenters. The molecule has 0 aliphatic heterocycles. The second-order valence-electron chi connectivity index (χ2n) is 6.07. The fourth-order valence-electron chi connectivity index (χ4n) is 2.01. The molecule has 0 saturated carbocycles. The fraction of sp³-hybridized carbons (Fsp3) is 0.727. The van der Waals surface area contributed by atoms with Crippen molar-refractivity contribution in [1.82, 2.24) is 0 Å². The van der Waals surface area contributed by atoms with Crippen molar-refractivity contribution >= 4 is 11.9 Å². The highest BCUT2D eigenvalue weighted by atomic mass is 16.6. The summed E-state index contributed by atoms with van der Waals surface area (Å²) in [5, 5.41) is 0. The Morgan fingerprint density at radius 3 is 1.47 bits per heavy atom. The molecule has 0 N–H and O–H groups in total. The molecule has 8 heteroatoms. The molecule has 176 valence electrons. The van der Waals surface area contributed by atoms with E-state index in [0.29, 0.717) is 39.6 Å². The highest BCUT2D eigenvalue weighted by Gasteiger charge is 1.96. The van der Waals surface area contributed by atoms with E-state index in [1.54, 1.807) is 14.2 Å². The third-order valence-corrected chi connectivity index (χ3v) is 3.60. The molecule has 30 heavy (non-hydrogen) atoms. The second kappa shape index (κ2) is 27.3. The third kappa shape index (κ3) is 28.5. The van der Waals surface area contributed by atoms with Gasteiger partial charge in [0.05, 0.1) is 39.6 Å². The number of carbonyl (C=O) groups is 2. The third-order valence-electron chi connectivity index (χ3n) is 3.60. The molecule has 0 aliphatic rings. The van der Waals surface area contributed by atoms with Gasteiger partial charge in [0.1, 0.15) is 6.61 Å². The number of unbranched alkanes of at least 4 members (excludes halogenated alkanes) is 5. The number of carbonyl (C=O) groups excluding carboxylic acids is 2. The molecule has 0 aromatic rings. The SMILES string of the molecule is C=CC(=O)OCCCCCCCCOC.C=CC(=O)OCCOCCOCCOC. The lowest BCUT2D eigenvalue weighted by molar-refractivity contribution is -0.139. The zero-order valence-corrected chi connectivity index (χ0v) is 18.7. The summed E-state index contributed by atoms with van der Waals surface area (Å²) < 4.78 is 29.6. The monoisotopic (exact) mass is 432 g/mol. The quantitative estimate of drug-likeness (QED) is 0.165. The van der Waals surface area contributed by atoms with Crippen LogP contribution in [-0.2, 0) is 38.0 Å². The van der Waals surface area contributed by atoms with E-state index in [0.717, 1.165) is 31.9 Å². The van der Waals surface area contributed by atoms with Gasteiger partial charge in [0.2, 0.25) is 0 Å². The van der Waals surface area contributed by atoms with Crippen molar-refractivity contribution in [3.8, 4) is 0 Å². The van der Waals surface area contributed by atoms with Crippen molar-refractivity contribution < 1.29 is 38.0 Å². The van der Waals surface area contributed by atoms with Gasteiger partial charge in [-0.3, -0.25) is 0 Å². The van der Waals surface area contributed by atoms with Crippen LogP contribution in [0.5, 0.6) is 0 Å². The van der Waals surface area contributed by atoms with Gasteiger partial charge in [-0.15, -0.1) is 0 Å². The molecule has 0 radical (unpaired) electrons. The maximum Gasteiger partial charge on any atom is 0.330 e. The molecule has 0 amide bonds. The van der Waals surface area contributed by atoms with E-state index in [9.17, 15) is 9.59 Å².